The zero-order valence-corrected chi connectivity index (χ0v) is 4.61. The third kappa shape index (κ3) is 1.14. The van der Waals surface area contributed by atoms with Crippen molar-refractivity contribution in [3.8, 4) is 0 Å². The Morgan fingerprint density at radius 2 is 2.43 bits per heavy atom. The Balaban J connectivity index is 2.40. The average Bonchev–Trinajstić information content (AvgIpc) is 1.84. The van der Waals surface area contributed by atoms with Crippen LogP contribution in [0.2, 0.25) is 0 Å². The lowest BCUT2D eigenvalue weighted by Gasteiger charge is -2.14. The molecule has 1 aliphatic heterocycles. The van der Waals surface area contributed by atoms with E-state index < -0.39 is 0 Å². The summed E-state index contributed by atoms with van der Waals surface area (Å²) in [5.74, 6) is 0. The van der Waals surface area contributed by atoms with Gasteiger partial charge in [0.15, 0.2) is 0 Å². The molecular weight excluding hydrogens is 90.1 g/mol. The van der Waals surface area contributed by atoms with Gasteiger partial charge >= 0.3 is 0 Å². The standard InChI is InChI=1S/C5H11NO/c1-5(6)3-2-4-7-5/h2-4,6H2,1H3. The molecule has 2 heteroatoms. The molecule has 0 aromatic heterocycles. The third-order valence-corrected chi connectivity index (χ3v) is 1.25. The van der Waals surface area contributed by atoms with E-state index in [1.54, 1.807) is 0 Å². The Hall–Kier alpha value is -0.0800. The molecule has 1 saturated heterocycles. The molecule has 2 nitrogen and oxygen atoms in total. The van der Waals surface area contributed by atoms with Crippen molar-refractivity contribution in [3.63, 3.8) is 0 Å². The summed E-state index contributed by atoms with van der Waals surface area (Å²) in [6, 6.07) is 0. The summed E-state index contributed by atoms with van der Waals surface area (Å²) in [5, 5.41) is 0. The molecule has 0 bridgehead atoms. The van der Waals surface area contributed by atoms with Gasteiger partial charge < -0.3 is 10.5 Å². The van der Waals surface area contributed by atoms with Gasteiger partial charge in [-0.2, -0.15) is 0 Å². The summed E-state index contributed by atoms with van der Waals surface area (Å²) >= 11 is 0. The van der Waals surface area contributed by atoms with Gasteiger partial charge in [0, 0.05) is 6.61 Å². The molecule has 7 heavy (non-hydrogen) atoms. The molecule has 42 valence electrons. The second-order valence-electron chi connectivity index (χ2n) is 2.26. The molecule has 1 rings (SSSR count). The number of rotatable bonds is 0. The maximum Gasteiger partial charge on any atom is 0.114 e. The monoisotopic (exact) mass is 101 g/mol. The Morgan fingerprint density at radius 1 is 1.71 bits per heavy atom. The van der Waals surface area contributed by atoms with Crippen molar-refractivity contribution in [1.82, 2.24) is 0 Å². The summed E-state index contributed by atoms with van der Waals surface area (Å²) in [4.78, 5) is 0. The second-order valence-corrected chi connectivity index (χ2v) is 2.26. The minimum absolute atomic E-state index is 0.306. The van der Waals surface area contributed by atoms with Crippen LogP contribution >= 0.6 is 0 Å². The van der Waals surface area contributed by atoms with E-state index in [1.807, 2.05) is 6.92 Å². The van der Waals surface area contributed by atoms with E-state index in [-0.39, 0.29) is 5.72 Å². The van der Waals surface area contributed by atoms with Crippen LogP contribution in [-0.2, 0) is 4.74 Å². The summed E-state index contributed by atoms with van der Waals surface area (Å²) in [6.45, 7) is 2.76. The fourth-order valence-electron chi connectivity index (χ4n) is 0.801. The number of hydrogen-bond donors (Lipinski definition) is 1. The molecule has 1 unspecified atom stereocenters. The van der Waals surface area contributed by atoms with Crippen molar-refractivity contribution in [3.05, 3.63) is 0 Å². The first-order chi connectivity index (χ1) is 3.21. The summed E-state index contributed by atoms with van der Waals surface area (Å²) in [5.41, 5.74) is 5.25. The molecule has 0 radical (unpaired) electrons. The minimum atomic E-state index is -0.306. The fourth-order valence-corrected chi connectivity index (χ4v) is 0.801. The maximum atomic E-state index is 5.56. The molecule has 0 saturated carbocycles. The van der Waals surface area contributed by atoms with Gasteiger partial charge in [0.2, 0.25) is 0 Å². The van der Waals surface area contributed by atoms with Gasteiger partial charge in [0.1, 0.15) is 5.72 Å². The van der Waals surface area contributed by atoms with Crippen LogP contribution in [0.3, 0.4) is 0 Å². The van der Waals surface area contributed by atoms with E-state index in [0.29, 0.717) is 0 Å². The Morgan fingerprint density at radius 3 is 2.57 bits per heavy atom. The van der Waals surface area contributed by atoms with Crippen molar-refractivity contribution in [2.45, 2.75) is 25.5 Å². The molecule has 0 spiro atoms. The topological polar surface area (TPSA) is 35.2 Å². The smallest absolute Gasteiger partial charge is 0.114 e. The highest BCUT2D eigenvalue weighted by Gasteiger charge is 2.23. The fraction of sp³-hybridized carbons (Fsp3) is 1.00. The first kappa shape index (κ1) is 5.06. The van der Waals surface area contributed by atoms with Gasteiger partial charge in [0.25, 0.3) is 0 Å². The van der Waals surface area contributed by atoms with Crippen LogP contribution in [0.4, 0.5) is 0 Å². The van der Waals surface area contributed by atoms with Crippen LogP contribution in [0, 0.1) is 0 Å². The van der Waals surface area contributed by atoms with Crippen molar-refractivity contribution in [2.24, 2.45) is 5.73 Å². The van der Waals surface area contributed by atoms with E-state index in [1.165, 1.54) is 0 Å². The zero-order chi connectivity index (χ0) is 5.33. The lowest BCUT2D eigenvalue weighted by atomic mass is 10.2. The Bertz CT molecular complexity index is 62.5. The lowest BCUT2D eigenvalue weighted by Crippen LogP contribution is -2.34. The number of nitrogens with two attached hydrogens (primary N) is 1. The molecule has 0 amide bonds. The SMILES string of the molecule is CC1(N)CCCO1. The quantitative estimate of drug-likeness (QED) is 0.481. The Labute approximate surface area is 43.6 Å². The van der Waals surface area contributed by atoms with Crippen molar-refractivity contribution >= 4 is 0 Å². The van der Waals surface area contributed by atoms with Gasteiger partial charge in [-0.15, -0.1) is 0 Å². The van der Waals surface area contributed by atoms with Crippen molar-refractivity contribution < 1.29 is 4.74 Å². The predicted molar refractivity (Wildman–Crippen MR) is 27.8 cm³/mol. The molecule has 1 heterocycles. The van der Waals surface area contributed by atoms with E-state index in [2.05, 4.69) is 0 Å². The lowest BCUT2D eigenvalue weighted by molar-refractivity contribution is 0.0260. The predicted octanol–water partition coefficient (Wildman–Crippen LogP) is 0.472. The van der Waals surface area contributed by atoms with Crippen LogP contribution in [0.1, 0.15) is 19.8 Å². The van der Waals surface area contributed by atoms with E-state index in [0.717, 1.165) is 19.4 Å². The number of hydrogen-bond acceptors (Lipinski definition) is 2. The van der Waals surface area contributed by atoms with Crippen LogP contribution in [0.15, 0.2) is 0 Å². The highest BCUT2D eigenvalue weighted by molar-refractivity contribution is 4.71. The number of ether oxygens (including phenoxy) is 1. The van der Waals surface area contributed by atoms with Crippen molar-refractivity contribution in [2.75, 3.05) is 6.61 Å². The molecule has 1 atom stereocenters. The van der Waals surface area contributed by atoms with Crippen LogP contribution in [0.5, 0.6) is 0 Å². The summed E-state index contributed by atoms with van der Waals surface area (Å²) < 4.78 is 5.12. The highest BCUT2D eigenvalue weighted by atomic mass is 16.5. The molecule has 1 fully saturated rings. The normalized spacial score (nSPS) is 42.0. The van der Waals surface area contributed by atoms with Gasteiger partial charge in [-0.25, -0.2) is 0 Å². The first-order valence-corrected chi connectivity index (χ1v) is 2.64. The maximum absolute atomic E-state index is 5.56. The van der Waals surface area contributed by atoms with E-state index in [4.69, 9.17) is 10.5 Å². The van der Waals surface area contributed by atoms with Gasteiger partial charge in [-0.3, -0.25) is 0 Å². The molecule has 0 aromatic rings. The van der Waals surface area contributed by atoms with Gasteiger partial charge in [-0.05, 0) is 19.8 Å². The van der Waals surface area contributed by atoms with Crippen molar-refractivity contribution in [1.29, 1.82) is 0 Å². The molecular formula is C5H11NO. The zero-order valence-electron chi connectivity index (χ0n) is 4.61. The highest BCUT2D eigenvalue weighted by Crippen LogP contribution is 2.17. The van der Waals surface area contributed by atoms with E-state index in [9.17, 15) is 0 Å². The van der Waals surface area contributed by atoms with Crippen LogP contribution < -0.4 is 5.73 Å². The summed E-state index contributed by atoms with van der Waals surface area (Å²) in [6.07, 6.45) is 2.12. The van der Waals surface area contributed by atoms with Gasteiger partial charge in [0.05, 0.1) is 0 Å². The second kappa shape index (κ2) is 1.46. The Kier molecular flexibility index (Phi) is 1.05. The van der Waals surface area contributed by atoms with Gasteiger partial charge in [-0.1, -0.05) is 0 Å². The largest absolute Gasteiger partial charge is 0.361 e. The molecule has 0 aromatic carbocycles. The van der Waals surface area contributed by atoms with E-state index >= 15 is 0 Å². The van der Waals surface area contributed by atoms with Crippen LogP contribution in [0.25, 0.3) is 0 Å². The average molecular weight is 101 g/mol. The van der Waals surface area contributed by atoms with Crippen LogP contribution in [-0.4, -0.2) is 12.3 Å². The molecule has 1 aliphatic rings. The molecule has 0 aliphatic carbocycles. The molecule has 2 N–H and O–H groups in total. The minimum Gasteiger partial charge on any atom is -0.361 e. The summed E-state index contributed by atoms with van der Waals surface area (Å²) in [7, 11) is 0. The first-order valence-electron chi connectivity index (χ1n) is 2.64. The third-order valence-electron chi connectivity index (χ3n) is 1.25.